The molecule has 0 heterocycles. The molecule has 118 valence electrons. The minimum atomic E-state index is -0.382. The van der Waals surface area contributed by atoms with E-state index in [1.165, 1.54) is 19.6 Å². The number of ether oxygens (including phenoxy) is 2. The molecule has 0 saturated heterocycles. The second kappa shape index (κ2) is 6.75. The second-order valence-electron chi connectivity index (χ2n) is 6.07. The van der Waals surface area contributed by atoms with Crippen molar-refractivity contribution in [1.29, 1.82) is 0 Å². The zero-order valence-electron chi connectivity index (χ0n) is 13.2. The SMILES string of the molecule is CCOC1(C(N)c2ccc(OC)c(F)c2)CCCC(C)C1. The van der Waals surface area contributed by atoms with Gasteiger partial charge in [-0.2, -0.15) is 0 Å². The van der Waals surface area contributed by atoms with Crippen LogP contribution in [0.1, 0.15) is 51.1 Å². The average molecular weight is 295 g/mol. The van der Waals surface area contributed by atoms with Crippen LogP contribution in [-0.4, -0.2) is 19.3 Å². The Bertz CT molecular complexity index is 476. The molecule has 3 nitrogen and oxygen atoms in total. The Balaban J connectivity index is 2.29. The van der Waals surface area contributed by atoms with E-state index < -0.39 is 0 Å². The van der Waals surface area contributed by atoms with Crippen LogP contribution >= 0.6 is 0 Å². The highest BCUT2D eigenvalue weighted by molar-refractivity contribution is 5.32. The number of rotatable bonds is 5. The zero-order chi connectivity index (χ0) is 15.5. The third-order valence-corrected chi connectivity index (χ3v) is 4.52. The molecule has 1 aromatic carbocycles. The van der Waals surface area contributed by atoms with Crippen LogP contribution < -0.4 is 10.5 Å². The lowest BCUT2D eigenvalue weighted by Gasteiger charge is -2.44. The van der Waals surface area contributed by atoms with E-state index in [4.69, 9.17) is 15.2 Å². The van der Waals surface area contributed by atoms with E-state index in [9.17, 15) is 4.39 Å². The van der Waals surface area contributed by atoms with Gasteiger partial charge in [-0.05, 0) is 43.4 Å². The number of halogens is 1. The largest absolute Gasteiger partial charge is 0.494 e. The second-order valence-corrected chi connectivity index (χ2v) is 6.07. The Labute approximate surface area is 126 Å². The predicted molar refractivity (Wildman–Crippen MR) is 81.9 cm³/mol. The maximum atomic E-state index is 13.9. The van der Waals surface area contributed by atoms with E-state index in [1.807, 2.05) is 13.0 Å². The predicted octanol–water partition coefficient (Wildman–Crippen LogP) is 3.82. The van der Waals surface area contributed by atoms with Crippen LogP contribution in [0.3, 0.4) is 0 Å². The van der Waals surface area contributed by atoms with Gasteiger partial charge >= 0.3 is 0 Å². The van der Waals surface area contributed by atoms with Crippen LogP contribution in [0.4, 0.5) is 4.39 Å². The third-order valence-electron chi connectivity index (χ3n) is 4.52. The molecular weight excluding hydrogens is 269 g/mol. The zero-order valence-corrected chi connectivity index (χ0v) is 13.2. The maximum absolute atomic E-state index is 13.9. The van der Waals surface area contributed by atoms with Crippen LogP contribution in [0.25, 0.3) is 0 Å². The molecule has 21 heavy (non-hydrogen) atoms. The van der Waals surface area contributed by atoms with Crippen LogP contribution in [0.2, 0.25) is 0 Å². The van der Waals surface area contributed by atoms with Gasteiger partial charge in [0.15, 0.2) is 11.6 Å². The van der Waals surface area contributed by atoms with Crippen molar-refractivity contribution in [2.24, 2.45) is 11.7 Å². The molecular formula is C17H26FNO2. The lowest BCUT2D eigenvalue weighted by atomic mass is 9.73. The molecule has 4 heteroatoms. The first kappa shape index (κ1) is 16.2. The normalized spacial score (nSPS) is 27.4. The highest BCUT2D eigenvalue weighted by atomic mass is 19.1. The first-order valence-corrected chi connectivity index (χ1v) is 7.75. The number of nitrogens with two attached hydrogens (primary N) is 1. The fourth-order valence-corrected chi connectivity index (χ4v) is 3.51. The molecule has 1 aliphatic rings. The van der Waals surface area contributed by atoms with Gasteiger partial charge < -0.3 is 15.2 Å². The average Bonchev–Trinajstić information content (AvgIpc) is 2.46. The first-order valence-electron chi connectivity index (χ1n) is 7.75. The third kappa shape index (κ3) is 3.38. The van der Waals surface area contributed by atoms with Gasteiger partial charge in [0.2, 0.25) is 0 Å². The molecule has 1 aliphatic carbocycles. The van der Waals surface area contributed by atoms with Crippen molar-refractivity contribution in [2.75, 3.05) is 13.7 Å². The summed E-state index contributed by atoms with van der Waals surface area (Å²) in [4.78, 5) is 0. The smallest absolute Gasteiger partial charge is 0.165 e. The van der Waals surface area contributed by atoms with Crippen molar-refractivity contribution in [1.82, 2.24) is 0 Å². The van der Waals surface area contributed by atoms with Gasteiger partial charge in [0.25, 0.3) is 0 Å². The molecule has 3 atom stereocenters. The molecule has 1 aromatic rings. The highest BCUT2D eigenvalue weighted by Crippen LogP contribution is 2.43. The van der Waals surface area contributed by atoms with E-state index in [2.05, 4.69) is 6.92 Å². The van der Waals surface area contributed by atoms with Crippen molar-refractivity contribution in [3.63, 3.8) is 0 Å². The number of hydrogen-bond donors (Lipinski definition) is 1. The molecule has 0 aromatic heterocycles. The van der Waals surface area contributed by atoms with Gasteiger partial charge in [-0.1, -0.05) is 25.8 Å². The Kier molecular flexibility index (Phi) is 5.22. The van der Waals surface area contributed by atoms with Gasteiger partial charge in [0.05, 0.1) is 18.8 Å². The summed E-state index contributed by atoms with van der Waals surface area (Å²) < 4.78 is 25.0. The van der Waals surface area contributed by atoms with Gasteiger partial charge in [0.1, 0.15) is 0 Å². The summed E-state index contributed by atoms with van der Waals surface area (Å²) in [5, 5.41) is 0. The number of hydrogen-bond acceptors (Lipinski definition) is 3. The summed E-state index contributed by atoms with van der Waals surface area (Å²) >= 11 is 0. The molecule has 0 bridgehead atoms. The molecule has 0 aliphatic heterocycles. The maximum Gasteiger partial charge on any atom is 0.165 e. The van der Waals surface area contributed by atoms with Crippen LogP contribution in [0, 0.1) is 11.7 Å². The fraction of sp³-hybridized carbons (Fsp3) is 0.647. The van der Waals surface area contributed by atoms with Gasteiger partial charge in [0, 0.05) is 6.61 Å². The minimum absolute atomic E-state index is 0.244. The lowest BCUT2D eigenvalue weighted by Crippen LogP contribution is -2.47. The summed E-state index contributed by atoms with van der Waals surface area (Å²) in [5.41, 5.74) is 6.87. The molecule has 2 N–H and O–H groups in total. The lowest BCUT2D eigenvalue weighted by molar-refractivity contribution is -0.0938. The summed E-state index contributed by atoms with van der Waals surface area (Å²) in [5.74, 6) is 0.453. The molecule has 1 fully saturated rings. The van der Waals surface area contributed by atoms with Crippen LogP contribution in [0.15, 0.2) is 18.2 Å². The monoisotopic (exact) mass is 295 g/mol. The molecule has 3 unspecified atom stereocenters. The summed E-state index contributed by atoms with van der Waals surface area (Å²) in [6.07, 6.45) is 4.17. The van der Waals surface area contributed by atoms with E-state index in [0.29, 0.717) is 12.5 Å². The fourth-order valence-electron chi connectivity index (χ4n) is 3.51. The first-order chi connectivity index (χ1) is 10.0. The molecule has 1 saturated carbocycles. The van der Waals surface area contributed by atoms with Crippen LogP contribution in [-0.2, 0) is 4.74 Å². The van der Waals surface area contributed by atoms with E-state index in [0.717, 1.165) is 24.8 Å². The van der Waals surface area contributed by atoms with Gasteiger partial charge in [-0.3, -0.25) is 0 Å². The summed E-state index contributed by atoms with van der Waals surface area (Å²) in [7, 11) is 1.46. The Morgan fingerprint density at radius 2 is 2.24 bits per heavy atom. The van der Waals surface area contributed by atoms with E-state index in [1.54, 1.807) is 6.07 Å². The van der Waals surface area contributed by atoms with Crippen molar-refractivity contribution in [3.8, 4) is 5.75 Å². The Morgan fingerprint density at radius 3 is 2.81 bits per heavy atom. The topological polar surface area (TPSA) is 44.5 Å². The summed E-state index contributed by atoms with van der Waals surface area (Å²) in [6, 6.07) is 4.63. The van der Waals surface area contributed by atoms with Crippen LogP contribution in [0.5, 0.6) is 5.75 Å². The van der Waals surface area contributed by atoms with Gasteiger partial charge in [-0.15, -0.1) is 0 Å². The van der Waals surface area contributed by atoms with E-state index in [-0.39, 0.29) is 23.2 Å². The Hall–Kier alpha value is -1.13. The van der Waals surface area contributed by atoms with Crippen molar-refractivity contribution < 1.29 is 13.9 Å². The Morgan fingerprint density at radius 1 is 1.48 bits per heavy atom. The minimum Gasteiger partial charge on any atom is -0.494 e. The number of benzene rings is 1. The standard InChI is InChI=1S/C17H26FNO2/c1-4-21-17(9-5-6-12(2)11-17)16(19)13-7-8-15(20-3)14(18)10-13/h7-8,10,12,16H,4-6,9,11,19H2,1-3H3. The van der Waals surface area contributed by atoms with E-state index >= 15 is 0 Å². The van der Waals surface area contributed by atoms with Gasteiger partial charge in [-0.25, -0.2) is 4.39 Å². The highest BCUT2D eigenvalue weighted by Gasteiger charge is 2.41. The molecule has 2 rings (SSSR count). The summed E-state index contributed by atoms with van der Waals surface area (Å²) in [6.45, 7) is 4.84. The van der Waals surface area contributed by atoms with Crippen molar-refractivity contribution in [2.45, 2.75) is 51.2 Å². The molecule has 0 radical (unpaired) electrons. The van der Waals surface area contributed by atoms with Crippen molar-refractivity contribution >= 4 is 0 Å². The number of methoxy groups -OCH3 is 1. The van der Waals surface area contributed by atoms with Crippen molar-refractivity contribution in [3.05, 3.63) is 29.6 Å². The quantitative estimate of drug-likeness (QED) is 0.898. The molecule has 0 amide bonds. The molecule has 0 spiro atoms.